The van der Waals surface area contributed by atoms with Gasteiger partial charge in [-0.1, -0.05) is 15.9 Å². The molecular weight excluding hydrogens is 361 g/mol. The molecule has 2 rings (SSSR count). The second-order valence-electron chi connectivity index (χ2n) is 4.31. The fraction of sp³-hybridized carbons (Fsp3) is 0.364. The van der Waals surface area contributed by atoms with E-state index in [0.717, 1.165) is 0 Å². The Morgan fingerprint density at radius 3 is 2.74 bits per heavy atom. The molecule has 0 aromatic heterocycles. The molecule has 104 valence electrons. The number of amides is 1. The van der Waals surface area contributed by atoms with Crippen LogP contribution in [-0.2, 0) is 20.4 Å². The van der Waals surface area contributed by atoms with Gasteiger partial charge in [0, 0.05) is 34.7 Å². The molecule has 1 atom stereocenters. The Morgan fingerprint density at radius 2 is 2.16 bits per heavy atom. The maximum absolute atomic E-state index is 13.1. The van der Waals surface area contributed by atoms with Gasteiger partial charge in [0.2, 0.25) is 15.0 Å². The van der Waals surface area contributed by atoms with Gasteiger partial charge in [0.15, 0.2) is 0 Å². The Kier molecular flexibility index (Phi) is 4.17. The molecule has 8 heteroatoms. The lowest BCUT2D eigenvalue weighted by Crippen LogP contribution is -2.26. The molecule has 1 aromatic carbocycles. The summed E-state index contributed by atoms with van der Waals surface area (Å²) in [4.78, 5) is 13.1. The number of carbonyl (C=O) groups is 1. The third-order valence-corrected chi connectivity index (χ3v) is 5.59. The largest absolute Gasteiger partial charge is 0.337 e. The van der Waals surface area contributed by atoms with Gasteiger partial charge in [-0.05, 0) is 23.8 Å². The molecule has 0 radical (unpaired) electrons. The Balaban J connectivity index is 2.16. The van der Waals surface area contributed by atoms with E-state index in [4.69, 9.17) is 10.7 Å². The van der Waals surface area contributed by atoms with Gasteiger partial charge in [0.25, 0.3) is 0 Å². The molecule has 1 fully saturated rings. The molecule has 1 aromatic rings. The topological polar surface area (TPSA) is 54.5 Å². The van der Waals surface area contributed by atoms with Crippen LogP contribution >= 0.6 is 26.6 Å². The van der Waals surface area contributed by atoms with Crippen molar-refractivity contribution in [2.24, 2.45) is 0 Å². The summed E-state index contributed by atoms with van der Waals surface area (Å²) in [5.41, 5.74) is 0.584. The van der Waals surface area contributed by atoms with Crippen LogP contribution in [0.15, 0.2) is 22.7 Å². The first-order valence-corrected chi connectivity index (χ1v) is 8.59. The number of halogens is 3. The summed E-state index contributed by atoms with van der Waals surface area (Å²) >= 11 is 3.26. The van der Waals surface area contributed by atoms with Crippen molar-refractivity contribution in [3.63, 3.8) is 0 Å². The summed E-state index contributed by atoms with van der Waals surface area (Å²) in [5, 5.41) is -0.894. The van der Waals surface area contributed by atoms with Crippen LogP contribution in [0.25, 0.3) is 0 Å². The number of carbonyl (C=O) groups excluding carboxylic acids is 1. The van der Waals surface area contributed by atoms with Crippen LogP contribution in [0.3, 0.4) is 0 Å². The summed E-state index contributed by atoms with van der Waals surface area (Å²) in [6.45, 7) is 0.188. The van der Waals surface area contributed by atoms with Crippen LogP contribution in [0.5, 0.6) is 0 Å². The van der Waals surface area contributed by atoms with Crippen LogP contribution < -0.4 is 0 Å². The van der Waals surface area contributed by atoms with Crippen molar-refractivity contribution >= 4 is 41.6 Å². The van der Waals surface area contributed by atoms with Crippen LogP contribution in [-0.4, -0.2) is 31.0 Å². The minimum Gasteiger partial charge on any atom is -0.337 e. The second-order valence-corrected chi connectivity index (χ2v) is 8.07. The van der Waals surface area contributed by atoms with E-state index in [1.807, 2.05) is 0 Å². The fourth-order valence-electron chi connectivity index (χ4n) is 1.95. The van der Waals surface area contributed by atoms with Crippen LogP contribution in [0.2, 0.25) is 0 Å². The van der Waals surface area contributed by atoms with Gasteiger partial charge >= 0.3 is 0 Å². The highest BCUT2D eigenvalue weighted by molar-refractivity contribution is 9.10. The van der Waals surface area contributed by atoms with Crippen molar-refractivity contribution in [2.75, 3.05) is 6.54 Å². The second kappa shape index (κ2) is 5.38. The molecule has 1 heterocycles. The van der Waals surface area contributed by atoms with Gasteiger partial charge in [0.05, 0.1) is 0 Å². The number of hydrogen-bond acceptors (Lipinski definition) is 3. The van der Waals surface area contributed by atoms with E-state index in [1.54, 1.807) is 6.07 Å². The fourth-order valence-corrected chi connectivity index (χ4v) is 3.38. The van der Waals surface area contributed by atoms with E-state index in [-0.39, 0.29) is 25.4 Å². The van der Waals surface area contributed by atoms with Crippen LogP contribution in [0.4, 0.5) is 4.39 Å². The monoisotopic (exact) mass is 369 g/mol. The van der Waals surface area contributed by atoms with Gasteiger partial charge < -0.3 is 4.90 Å². The first-order valence-electron chi connectivity index (χ1n) is 5.42. The lowest BCUT2D eigenvalue weighted by Gasteiger charge is -2.17. The SMILES string of the molecule is O=C1CC(S(=O)(=O)Cl)CN1Cc1cc(F)ccc1Br. The standard InChI is InChI=1S/C11H10BrClFNO3S/c12-10-2-1-8(14)3-7(10)5-15-6-9(4-11(15)16)19(13,17)18/h1-3,9H,4-6H2. The number of nitrogens with zero attached hydrogens (tertiary/aromatic N) is 1. The minimum absolute atomic E-state index is 0.0353. The average Bonchev–Trinajstić information content (AvgIpc) is 2.65. The van der Waals surface area contributed by atoms with Crippen LogP contribution in [0.1, 0.15) is 12.0 Å². The zero-order chi connectivity index (χ0) is 14.2. The van der Waals surface area contributed by atoms with E-state index in [1.165, 1.54) is 17.0 Å². The van der Waals surface area contributed by atoms with Crippen molar-refractivity contribution in [1.29, 1.82) is 0 Å². The predicted molar refractivity (Wildman–Crippen MR) is 72.7 cm³/mol. The first kappa shape index (κ1) is 14.7. The van der Waals surface area contributed by atoms with Gasteiger partial charge in [-0.3, -0.25) is 4.79 Å². The van der Waals surface area contributed by atoms with Crippen LogP contribution in [0, 0.1) is 5.82 Å². The van der Waals surface area contributed by atoms with Gasteiger partial charge in [-0.15, -0.1) is 0 Å². The predicted octanol–water partition coefficient (Wildman–Crippen LogP) is 2.26. The summed E-state index contributed by atoms with van der Waals surface area (Å²) in [6.07, 6.45) is -0.126. The average molecular weight is 371 g/mol. The highest BCUT2D eigenvalue weighted by atomic mass is 79.9. The van der Waals surface area contributed by atoms with E-state index in [2.05, 4.69) is 15.9 Å². The molecular formula is C11H10BrClFNO3S. The van der Waals surface area contributed by atoms with Crippen molar-refractivity contribution in [3.05, 3.63) is 34.1 Å². The Hall–Kier alpha value is -0.660. The van der Waals surface area contributed by atoms with E-state index in [9.17, 15) is 17.6 Å². The molecule has 19 heavy (non-hydrogen) atoms. The summed E-state index contributed by atoms with van der Waals surface area (Å²) in [7, 11) is 1.50. The smallest absolute Gasteiger partial charge is 0.237 e. The molecule has 0 N–H and O–H groups in total. The maximum atomic E-state index is 13.1. The Morgan fingerprint density at radius 1 is 1.47 bits per heavy atom. The van der Waals surface area contributed by atoms with Gasteiger partial charge in [0.1, 0.15) is 11.1 Å². The quantitative estimate of drug-likeness (QED) is 0.767. The molecule has 1 saturated heterocycles. The third-order valence-electron chi connectivity index (χ3n) is 2.95. The van der Waals surface area contributed by atoms with Crippen molar-refractivity contribution in [3.8, 4) is 0 Å². The molecule has 1 unspecified atom stereocenters. The van der Waals surface area contributed by atoms with E-state index >= 15 is 0 Å². The highest BCUT2D eigenvalue weighted by Gasteiger charge is 2.37. The highest BCUT2D eigenvalue weighted by Crippen LogP contribution is 2.25. The molecule has 0 bridgehead atoms. The Bertz CT molecular complexity index is 622. The molecule has 1 amide bonds. The summed E-state index contributed by atoms with van der Waals surface area (Å²) < 4.78 is 36.2. The molecule has 0 aliphatic carbocycles. The van der Waals surface area contributed by atoms with E-state index < -0.39 is 20.1 Å². The van der Waals surface area contributed by atoms with Crippen molar-refractivity contribution in [2.45, 2.75) is 18.2 Å². The Labute approximate surface area is 123 Å². The molecule has 1 aliphatic heterocycles. The normalized spacial score (nSPS) is 20.1. The number of likely N-dealkylation sites (tertiary alicyclic amines) is 1. The minimum atomic E-state index is -3.76. The molecule has 4 nitrogen and oxygen atoms in total. The number of hydrogen-bond donors (Lipinski definition) is 0. The summed E-state index contributed by atoms with van der Waals surface area (Å²) in [6, 6.07) is 4.15. The van der Waals surface area contributed by atoms with E-state index in [0.29, 0.717) is 10.0 Å². The zero-order valence-electron chi connectivity index (χ0n) is 9.64. The molecule has 1 aliphatic rings. The first-order chi connectivity index (χ1) is 8.77. The summed E-state index contributed by atoms with van der Waals surface area (Å²) in [5.74, 6) is -0.711. The number of rotatable bonds is 3. The maximum Gasteiger partial charge on any atom is 0.237 e. The number of benzene rings is 1. The molecule has 0 saturated carbocycles. The zero-order valence-corrected chi connectivity index (χ0v) is 12.8. The van der Waals surface area contributed by atoms with Gasteiger partial charge in [-0.2, -0.15) is 0 Å². The van der Waals surface area contributed by atoms with Crippen molar-refractivity contribution < 1.29 is 17.6 Å². The lowest BCUT2D eigenvalue weighted by atomic mass is 10.2. The third kappa shape index (κ3) is 3.46. The van der Waals surface area contributed by atoms with Crippen molar-refractivity contribution in [1.82, 2.24) is 4.90 Å². The lowest BCUT2D eigenvalue weighted by molar-refractivity contribution is -0.128. The molecule has 0 spiro atoms. The van der Waals surface area contributed by atoms with Gasteiger partial charge in [-0.25, -0.2) is 12.8 Å².